The maximum Gasteiger partial charge on any atom is 0.211 e. The monoisotopic (exact) mass is 386 g/mol. The molecule has 0 bridgehead atoms. The van der Waals surface area contributed by atoms with Crippen LogP contribution in [0.2, 0.25) is 0 Å². The molecule has 136 valence electrons. The zero-order chi connectivity index (χ0) is 18.2. The van der Waals surface area contributed by atoms with Crippen LogP contribution in [-0.2, 0) is 10.9 Å². The van der Waals surface area contributed by atoms with Crippen LogP contribution in [0.4, 0.5) is 25.2 Å². The summed E-state index contributed by atoms with van der Waals surface area (Å²) in [7, 11) is -10.9. The smallest absolute Gasteiger partial charge is 0.211 e. The van der Waals surface area contributed by atoms with Gasteiger partial charge in [0.25, 0.3) is 0 Å². The van der Waals surface area contributed by atoms with Gasteiger partial charge in [-0.2, -0.15) is 0 Å². The molecule has 0 aliphatic rings. The first-order chi connectivity index (χ1) is 10.2. The number of hydrogen-bond donors (Lipinski definition) is 2. The third-order valence-corrected chi connectivity index (χ3v) is 4.38. The van der Waals surface area contributed by atoms with Crippen molar-refractivity contribution in [2.24, 2.45) is 0 Å². The number of benzene rings is 1. The average molecular weight is 386 g/mol. The molecule has 1 aromatic rings. The molecule has 0 fully saturated rings. The molecule has 0 aliphatic carbocycles. The van der Waals surface area contributed by atoms with E-state index >= 15 is 0 Å². The van der Waals surface area contributed by atoms with Gasteiger partial charge in [0, 0.05) is 16.5 Å². The number of rotatable bonds is 7. The van der Waals surface area contributed by atoms with Gasteiger partial charge in [-0.25, -0.2) is 0 Å². The maximum absolute atomic E-state index is 11.8. The molecule has 0 amide bonds. The molecule has 0 aliphatic heterocycles. The minimum atomic E-state index is -10.7. The molecule has 0 heterocycles. The van der Waals surface area contributed by atoms with Crippen molar-refractivity contribution >= 4 is 24.5 Å². The molecule has 1 rings (SSSR count). The van der Waals surface area contributed by atoms with Crippen LogP contribution in [0.15, 0.2) is 30.3 Å². The molecular formula is C12H17F6O3PS. The van der Waals surface area contributed by atoms with Gasteiger partial charge in [-0.3, -0.25) is 4.79 Å². The SMILES string of the molecule is F[P-](F)(F)(F)(F)F.O=C(C[S+](CCO)CCO)c1ccccc1. The second-order valence-electron chi connectivity index (χ2n) is 4.36. The summed E-state index contributed by atoms with van der Waals surface area (Å²) in [4.78, 5) is 11.8. The number of halogens is 6. The summed E-state index contributed by atoms with van der Waals surface area (Å²) in [5.41, 5.74) is 0.705. The van der Waals surface area contributed by atoms with E-state index in [1.807, 2.05) is 18.2 Å². The molecule has 0 atom stereocenters. The Morgan fingerprint density at radius 2 is 1.30 bits per heavy atom. The summed E-state index contributed by atoms with van der Waals surface area (Å²) in [6.07, 6.45) is 0. The number of hydrogen-bond acceptors (Lipinski definition) is 3. The molecule has 3 nitrogen and oxygen atoms in total. The van der Waals surface area contributed by atoms with Crippen LogP contribution in [0.25, 0.3) is 0 Å². The Balaban J connectivity index is 0.000000585. The van der Waals surface area contributed by atoms with Gasteiger partial charge in [-0.1, -0.05) is 30.3 Å². The first-order valence-electron chi connectivity index (χ1n) is 6.23. The summed E-state index contributed by atoms with van der Waals surface area (Å²) >= 11 is 0. The van der Waals surface area contributed by atoms with Crippen molar-refractivity contribution in [1.29, 1.82) is 0 Å². The fourth-order valence-corrected chi connectivity index (χ4v) is 2.94. The van der Waals surface area contributed by atoms with Crippen LogP contribution in [0.1, 0.15) is 10.4 Å². The largest absolute Gasteiger partial charge is 0.391 e. The summed E-state index contributed by atoms with van der Waals surface area (Å²) in [6, 6.07) is 9.13. The summed E-state index contributed by atoms with van der Waals surface area (Å²) in [5, 5.41) is 17.7. The Kier molecular flexibility index (Phi) is 7.55. The van der Waals surface area contributed by atoms with Crippen molar-refractivity contribution in [3.63, 3.8) is 0 Å². The van der Waals surface area contributed by atoms with Gasteiger partial charge in [-0.15, -0.1) is 0 Å². The third-order valence-electron chi connectivity index (χ3n) is 2.19. The molecular weight excluding hydrogens is 369 g/mol. The molecule has 1 aromatic carbocycles. The summed E-state index contributed by atoms with van der Waals surface area (Å²) < 4.78 is 59.2. The molecule has 0 radical (unpaired) electrons. The number of Topliss-reactive ketones (excluding diaryl/α,β-unsaturated/α-hetero) is 1. The Bertz CT molecular complexity index is 476. The van der Waals surface area contributed by atoms with Gasteiger partial charge in [0.15, 0.2) is 5.75 Å². The van der Waals surface area contributed by atoms with Gasteiger partial charge in [0.05, 0.1) is 13.2 Å². The van der Waals surface area contributed by atoms with E-state index in [2.05, 4.69) is 0 Å². The van der Waals surface area contributed by atoms with E-state index in [1.54, 1.807) is 12.1 Å². The predicted molar refractivity (Wildman–Crippen MR) is 80.5 cm³/mol. The molecule has 2 N–H and O–H groups in total. The summed E-state index contributed by atoms with van der Waals surface area (Å²) in [6.45, 7) is 0.149. The van der Waals surface area contributed by atoms with Gasteiger partial charge < -0.3 is 10.2 Å². The molecule has 11 heteroatoms. The van der Waals surface area contributed by atoms with Crippen molar-refractivity contribution in [3.05, 3.63) is 35.9 Å². The van der Waals surface area contributed by atoms with Crippen LogP contribution < -0.4 is 0 Å². The standard InChI is InChI=1S/C12H17O3S.F6P/c13-6-8-16(9-7-14)10-12(15)11-4-2-1-3-5-11;1-7(2,3,4,5)6/h1-5,13-14H,6-10H2;/q+1;-1. The van der Waals surface area contributed by atoms with E-state index in [4.69, 9.17) is 10.2 Å². The van der Waals surface area contributed by atoms with Gasteiger partial charge in [-0.05, 0) is 0 Å². The van der Waals surface area contributed by atoms with Crippen LogP contribution in [0.3, 0.4) is 0 Å². The number of aliphatic hydroxyl groups excluding tert-OH is 2. The molecule has 0 saturated carbocycles. The van der Waals surface area contributed by atoms with E-state index in [-0.39, 0.29) is 29.9 Å². The number of carbonyl (C=O) groups is 1. The van der Waals surface area contributed by atoms with Crippen molar-refractivity contribution in [2.45, 2.75) is 0 Å². The minimum Gasteiger partial charge on any atom is -0.391 e. The summed E-state index contributed by atoms with van der Waals surface area (Å²) in [5.74, 6) is 1.70. The molecule has 0 unspecified atom stereocenters. The van der Waals surface area contributed by atoms with Gasteiger partial charge in [0.1, 0.15) is 11.5 Å². The molecule has 0 aromatic heterocycles. The van der Waals surface area contributed by atoms with Crippen molar-refractivity contribution < 1.29 is 40.2 Å². The van der Waals surface area contributed by atoms with E-state index in [1.165, 1.54) is 0 Å². The van der Waals surface area contributed by atoms with E-state index in [0.29, 0.717) is 22.8 Å². The second kappa shape index (κ2) is 7.83. The fourth-order valence-electron chi connectivity index (χ4n) is 1.40. The Morgan fingerprint density at radius 1 is 0.913 bits per heavy atom. The average Bonchev–Trinajstić information content (AvgIpc) is 2.36. The first-order valence-corrected chi connectivity index (χ1v) is 9.99. The van der Waals surface area contributed by atoms with Crippen molar-refractivity contribution in [3.8, 4) is 0 Å². The zero-order valence-electron chi connectivity index (χ0n) is 11.8. The minimum absolute atomic E-state index is 0.0746. The van der Waals surface area contributed by atoms with E-state index < -0.39 is 7.81 Å². The predicted octanol–water partition coefficient (Wildman–Crippen LogP) is 3.85. The molecule has 0 spiro atoms. The topological polar surface area (TPSA) is 57.5 Å². The van der Waals surface area contributed by atoms with Crippen molar-refractivity contribution in [2.75, 3.05) is 30.5 Å². The quantitative estimate of drug-likeness (QED) is 0.324. The Morgan fingerprint density at radius 3 is 1.65 bits per heavy atom. The van der Waals surface area contributed by atoms with Crippen molar-refractivity contribution in [1.82, 2.24) is 0 Å². The van der Waals surface area contributed by atoms with Crippen LogP contribution in [-0.4, -0.2) is 46.5 Å². The number of aliphatic hydroxyl groups is 2. The van der Waals surface area contributed by atoms with Gasteiger partial charge >= 0.3 is 33.0 Å². The van der Waals surface area contributed by atoms with Crippen LogP contribution >= 0.6 is 7.81 Å². The van der Waals surface area contributed by atoms with E-state index in [9.17, 15) is 30.0 Å². The second-order valence-corrected chi connectivity index (χ2v) is 8.61. The van der Waals surface area contributed by atoms with Crippen LogP contribution in [0.5, 0.6) is 0 Å². The molecule has 0 saturated heterocycles. The maximum atomic E-state index is 11.8. The Hall–Kier alpha value is -0.830. The third kappa shape index (κ3) is 17.4. The normalized spacial score (nSPS) is 14.5. The molecule has 23 heavy (non-hydrogen) atoms. The van der Waals surface area contributed by atoms with E-state index in [0.717, 1.165) is 0 Å². The van der Waals surface area contributed by atoms with Crippen LogP contribution in [0, 0.1) is 0 Å². The van der Waals surface area contributed by atoms with Gasteiger partial charge in [0.2, 0.25) is 5.78 Å². The Labute approximate surface area is 131 Å². The zero-order valence-corrected chi connectivity index (χ0v) is 13.6. The number of ketones is 1. The fraction of sp³-hybridized carbons (Fsp3) is 0.417. The first kappa shape index (κ1) is 22.2. The number of carbonyl (C=O) groups excluding carboxylic acids is 1.